The summed E-state index contributed by atoms with van der Waals surface area (Å²) in [7, 11) is 0. The summed E-state index contributed by atoms with van der Waals surface area (Å²) in [5.74, 6) is 5.64. The highest BCUT2D eigenvalue weighted by Crippen LogP contribution is 2.03. The van der Waals surface area contributed by atoms with Crippen molar-refractivity contribution in [2.24, 2.45) is 0 Å². The number of esters is 1. The first-order valence-electron chi connectivity index (χ1n) is 4.19. The Morgan fingerprint density at radius 3 is 3.08 bits per heavy atom. The van der Waals surface area contributed by atoms with Crippen molar-refractivity contribution in [2.45, 2.75) is 26.2 Å². The molecule has 0 saturated carbocycles. The number of carbonyl (C=O) groups is 1. The minimum atomic E-state index is -0.269. The smallest absolute Gasteiger partial charge is 0.332 e. The van der Waals surface area contributed by atoms with Crippen LogP contribution in [0.5, 0.6) is 0 Å². The molecular weight excluding hydrogens is 152 g/mol. The van der Waals surface area contributed by atoms with Gasteiger partial charge >= 0.3 is 5.97 Å². The van der Waals surface area contributed by atoms with Gasteiger partial charge in [0, 0.05) is 18.1 Å². The van der Waals surface area contributed by atoms with E-state index in [4.69, 9.17) is 0 Å². The number of hydrogen-bond donors (Lipinski definition) is 0. The summed E-state index contributed by atoms with van der Waals surface area (Å²) in [6.45, 7) is 2.49. The molecule has 1 rings (SSSR count). The first-order valence-corrected chi connectivity index (χ1v) is 4.19. The van der Waals surface area contributed by atoms with Gasteiger partial charge in [0.25, 0.3) is 0 Å². The van der Waals surface area contributed by atoms with Gasteiger partial charge in [0.1, 0.15) is 6.61 Å². The van der Waals surface area contributed by atoms with E-state index in [1.54, 1.807) is 0 Å². The van der Waals surface area contributed by atoms with E-state index >= 15 is 0 Å². The molecule has 0 aromatic rings. The lowest BCUT2D eigenvalue weighted by molar-refractivity contribution is -0.134. The lowest BCUT2D eigenvalue weighted by atomic mass is 10.2. The molecule has 1 aliphatic heterocycles. The first kappa shape index (κ1) is 8.86. The molecule has 64 valence electrons. The molecular formula is C10H12O2. The van der Waals surface area contributed by atoms with Gasteiger partial charge in [0.15, 0.2) is 0 Å². The Balaban J connectivity index is 2.33. The summed E-state index contributed by atoms with van der Waals surface area (Å²) in [5.41, 5.74) is 0.802. The maximum atomic E-state index is 10.6. The molecule has 0 radical (unpaired) electrons. The fourth-order valence-corrected chi connectivity index (χ4v) is 0.888. The van der Waals surface area contributed by atoms with Gasteiger partial charge in [-0.1, -0.05) is 25.2 Å². The third-order valence-corrected chi connectivity index (χ3v) is 1.57. The molecule has 0 saturated heterocycles. The topological polar surface area (TPSA) is 26.3 Å². The molecule has 0 spiro atoms. The van der Waals surface area contributed by atoms with Crippen LogP contribution in [0.2, 0.25) is 0 Å². The van der Waals surface area contributed by atoms with Crippen molar-refractivity contribution < 1.29 is 9.53 Å². The van der Waals surface area contributed by atoms with Crippen LogP contribution in [0, 0.1) is 11.8 Å². The van der Waals surface area contributed by atoms with E-state index in [0.29, 0.717) is 6.61 Å². The van der Waals surface area contributed by atoms with E-state index in [9.17, 15) is 4.79 Å². The number of rotatable bonds is 2. The number of carbonyl (C=O) groups excluding carboxylic acids is 1. The number of ether oxygens (including phenoxy) is 1. The molecule has 0 aromatic carbocycles. The van der Waals surface area contributed by atoms with Gasteiger partial charge in [-0.3, -0.25) is 0 Å². The Kier molecular flexibility index (Phi) is 3.40. The Labute approximate surface area is 72.6 Å². The predicted octanol–water partition coefficient (Wildman–Crippen LogP) is 1.66. The highest BCUT2D eigenvalue weighted by Gasteiger charge is 2.09. The van der Waals surface area contributed by atoms with Gasteiger partial charge in [-0.2, -0.15) is 0 Å². The standard InChI is InChI=1S/C10H12O2/c1-2-3-4-5-6-9-7-10(11)12-8-9/h7H,2-4,8H2,1H3. The second-order valence-electron chi connectivity index (χ2n) is 2.68. The van der Waals surface area contributed by atoms with E-state index in [2.05, 4.69) is 23.5 Å². The zero-order valence-corrected chi connectivity index (χ0v) is 7.22. The second kappa shape index (κ2) is 4.61. The zero-order valence-electron chi connectivity index (χ0n) is 7.22. The molecule has 1 aliphatic rings. The molecule has 0 aliphatic carbocycles. The van der Waals surface area contributed by atoms with Crippen molar-refractivity contribution in [3.63, 3.8) is 0 Å². The highest BCUT2D eigenvalue weighted by molar-refractivity contribution is 5.86. The summed E-state index contributed by atoms with van der Waals surface area (Å²) in [6.07, 6.45) is 4.64. The molecule has 2 nitrogen and oxygen atoms in total. The van der Waals surface area contributed by atoms with Crippen molar-refractivity contribution in [1.29, 1.82) is 0 Å². The summed E-state index contributed by atoms with van der Waals surface area (Å²) in [4.78, 5) is 10.6. The normalized spacial score (nSPS) is 14.8. The highest BCUT2D eigenvalue weighted by atomic mass is 16.5. The van der Waals surface area contributed by atoms with Crippen LogP contribution in [0.1, 0.15) is 26.2 Å². The fraction of sp³-hybridized carbons (Fsp3) is 0.500. The van der Waals surface area contributed by atoms with Crippen LogP contribution in [-0.2, 0) is 9.53 Å². The van der Waals surface area contributed by atoms with Crippen LogP contribution in [-0.4, -0.2) is 12.6 Å². The average molecular weight is 164 g/mol. The van der Waals surface area contributed by atoms with Crippen LogP contribution >= 0.6 is 0 Å². The third kappa shape index (κ3) is 2.79. The van der Waals surface area contributed by atoms with Gasteiger partial charge in [0.05, 0.1) is 0 Å². The van der Waals surface area contributed by atoms with Gasteiger partial charge < -0.3 is 4.74 Å². The van der Waals surface area contributed by atoms with Crippen molar-refractivity contribution in [2.75, 3.05) is 6.61 Å². The number of hydrogen-bond acceptors (Lipinski definition) is 2. The number of unbranched alkanes of at least 4 members (excludes halogenated alkanes) is 2. The summed E-state index contributed by atoms with van der Waals surface area (Å²) < 4.78 is 4.69. The van der Waals surface area contributed by atoms with Crippen molar-refractivity contribution in [1.82, 2.24) is 0 Å². The minimum Gasteiger partial charge on any atom is -0.457 e. The maximum absolute atomic E-state index is 10.6. The quantitative estimate of drug-likeness (QED) is 0.352. The Morgan fingerprint density at radius 1 is 1.67 bits per heavy atom. The molecule has 0 N–H and O–H groups in total. The third-order valence-electron chi connectivity index (χ3n) is 1.57. The molecule has 2 heteroatoms. The maximum Gasteiger partial charge on any atom is 0.332 e. The van der Waals surface area contributed by atoms with Crippen LogP contribution in [0.3, 0.4) is 0 Å². The molecule has 0 amide bonds. The molecule has 1 heterocycles. The molecule has 0 unspecified atom stereocenters. The van der Waals surface area contributed by atoms with E-state index in [-0.39, 0.29) is 5.97 Å². The van der Waals surface area contributed by atoms with Crippen molar-refractivity contribution in [3.8, 4) is 11.8 Å². The van der Waals surface area contributed by atoms with E-state index < -0.39 is 0 Å². The summed E-state index contributed by atoms with van der Waals surface area (Å²) in [6, 6.07) is 0. The van der Waals surface area contributed by atoms with E-state index in [0.717, 1.165) is 24.8 Å². The van der Waals surface area contributed by atoms with Gasteiger partial charge in [-0.05, 0) is 6.42 Å². The lowest BCUT2D eigenvalue weighted by Gasteiger charge is -1.87. The Hall–Kier alpha value is -1.23. The zero-order chi connectivity index (χ0) is 8.81. The average Bonchev–Trinajstić information content (AvgIpc) is 2.45. The lowest BCUT2D eigenvalue weighted by Crippen LogP contribution is -1.90. The van der Waals surface area contributed by atoms with Crippen molar-refractivity contribution >= 4 is 5.97 Å². The fourth-order valence-electron chi connectivity index (χ4n) is 0.888. The molecule has 0 bridgehead atoms. The SMILES string of the molecule is CCCCC#CC1=CC(=O)OC1. The van der Waals surface area contributed by atoms with Crippen molar-refractivity contribution in [3.05, 3.63) is 11.6 Å². The van der Waals surface area contributed by atoms with Crippen LogP contribution in [0.15, 0.2) is 11.6 Å². The molecule has 0 aromatic heterocycles. The van der Waals surface area contributed by atoms with Crippen LogP contribution in [0.4, 0.5) is 0 Å². The molecule has 0 fully saturated rings. The largest absolute Gasteiger partial charge is 0.457 e. The molecule has 12 heavy (non-hydrogen) atoms. The number of cyclic esters (lactones) is 1. The van der Waals surface area contributed by atoms with Gasteiger partial charge in [-0.25, -0.2) is 4.79 Å². The van der Waals surface area contributed by atoms with Crippen LogP contribution < -0.4 is 0 Å². The van der Waals surface area contributed by atoms with E-state index in [1.165, 1.54) is 6.08 Å². The van der Waals surface area contributed by atoms with Crippen LogP contribution in [0.25, 0.3) is 0 Å². The van der Waals surface area contributed by atoms with Gasteiger partial charge in [-0.15, -0.1) is 0 Å². The molecule has 0 atom stereocenters. The Morgan fingerprint density at radius 2 is 2.50 bits per heavy atom. The summed E-state index contributed by atoms with van der Waals surface area (Å²) in [5, 5.41) is 0. The second-order valence-corrected chi connectivity index (χ2v) is 2.68. The minimum absolute atomic E-state index is 0.269. The Bertz CT molecular complexity index is 253. The van der Waals surface area contributed by atoms with Gasteiger partial charge in [0.2, 0.25) is 0 Å². The monoisotopic (exact) mass is 164 g/mol. The first-order chi connectivity index (χ1) is 5.83. The predicted molar refractivity (Wildman–Crippen MR) is 46.3 cm³/mol. The summed E-state index contributed by atoms with van der Waals surface area (Å²) >= 11 is 0. The van der Waals surface area contributed by atoms with E-state index in [1.807, 2.05) is 0 Å².